The standard InChI is InChI=1S/C21H23NO/c1-17-20(19-12-6-3-7-13-19)14-16-22(21(17)23)15-8-11-18-9-4-2-5-10-18/h2-7,9-10,12-14,16-17,20H,8,11,15H2,1H3/t17-,20+/m0/s1. The van der Waals surface area contributed by atoms with E-state index in [0.29, 0.717) is 0 Å². The molecule has 0 radical (unpaired) electrons. The Morgan fingerprint density at radius 1 is 0.957 bits per heavy atom. The Labute approximate surface area is 138 Å². The number of amides is 1. The molecule has 0 N–H and O–H groups in total. The first kappa shape index (κ1) is 15.5. The summed E-state index contributed by atoms with van der Waals surface area (Å²) in [4.78, 5) is 14.5. The van der Waals surface area contributed by atoms with E-state index < -0.39 is 0 Å². The molecule has 0 spiro atoms. The molecule has 2 heteroatoms. The quantitative estimate of drug-likeness (QED) is 0.802. The van der Waals surface area contributed by atoms with Crippen LogP contribution in [0, 0.1) is 5.92 Å². The van der Waals surface area contributed by atoms with Crippen LogP contribution in [0.4, 0.5) is 0 Å². The number of rotatable bonds is 5. The van der Waals surface area contributed by atoms with E-state index >= 15 is 0 Å². The molecule has 118 valence electrons. The van der Waals surface area contributed by atoms with Gasteiger partial charge in [-0.05, 0) is 24.0 Å². The molecule has 1 aliphatic rings. The number of allylic oxidation sites excluding steroid dienone is 1. The average molecular weight is 305 g/mol. The van der Waals surface area contributed by atoms with Crippen molar-refractivity contribution in [2.75, 3.05) is 6.54 Å². The highest BCUT2D eigenvalue weighted by molar-refractivity contribution is 5.82. The Balaban J connectivity index is 1.61. The van der Waals surface area contributed by atoms with Gasteiger partial charge in [0.15, 0.2) is 0 Å². The number of benzene rings is 2. The number of hydrogen-bond donors (Lipinski definition) is 0. The van der Waals surface area contributed by atoms with Gasteiger partial charge in [-0.15, -0.1) is 0 Å². The fourth-order valence-corrected chi connectivity index (χ4v) is 3.21. The molecule has 2 atom stereocenters. The largest absolute Gasteiger partial charge is 0.319 e. The summed E-state index contributed by atoms with van der Waals surface area (Å²) in [5, 5.41) is 0. The molecule has 0 aliphatic carbocycles. The predicted molar refractivity (Wildman–Crippen MR) is 94.0 cm³/mol. The van der Waals surface area contributed by atoms with Crippen LogP contribution in [0.3, 0.4) is 0 Å². The molecule has 0 saturated heterocycles. The zero-order chi connectivity index (χ0) is 16.1. The van der Waals surface area contributed by atoms with Gasteiger partial charge in [0.1, 0.15) is 0 Å². The third-order valence-corrected chi connectivity index (χ3v) is 4.58. The zero-order valence-electron chi connectivity index (χ0n) is 13.6. The first-order chi connectivity index (χ1) is 11.3. The molecular weight excluding hydrogens is 282 g/mol. The molecule has 0 bridgehead atoms. The second-order valence-corrected chi connectivity index (χ2v) is 6.19. The van der Waals surface area contributed by atoms with Gasteiger partial charge < -0.3 is 4.90 Å². The fourth-order valence-electron chi connectivity index (χ4n) is 3.21. The van der Waals surface area contributed by atoms with Gasteiger partial charge in [0.2, 0.25) is 5.91 Å². The Kier molecular flexibility index (Phi) is 4.92. The van der Waals surface area contributed by atoms with Gasteiger partial charge in [0.05, 0.1) is 0 Å². The fraction of sp³-hybridized carbons (Fsp3) is 0.286. The van der Waals surface area contributed by atoms with Gasteiger partial charge in [-0.1, -0.05) is 73.7 Å². The maximum absolute atomic E-state index is 12.6. The summed E-state index contributed by atoms with van der Waals surface area (Å²) in [5.74, 6) is 0.419. The third kappa shape index (κ3) is 3.70. The van der Waals surface area contributed by atoms with Crippen LogP contribution in [0.15, 0.2) is 72.9 Å². The van der Waals surface area contributed by atoms with Crippen molar-refractivity contribution in [2.24, 2.45) is 5.92 Å². The van der Waals surface area contributed by atoms with E-state index in [4.69, 9.17) is 0 Å². The summed E-state index contributed by atoms with van der Waals surface area (Å²) in [7, 11) is 0. The van der Waals surface area contributed by atoms with Crippen molar-refractivity contribution in [2.45, 2.75) is 25.7 Å². The molecule has 2 aromatic carbocycles. The second-order valence-electron chi connectivity index (χ2n) is 6.19. The van der Waals surface area contributed by atoms with Crippen LogP contribution in [-0.2, 0) is 11.2 Å². The van der Waals surface area contributed by atoms with Gasteiger partial charge >= 0.3 is 0 Å². The van der Waals surface area contributed by atoms with Crippen LogP contribution >= 0.6 is 0 Å². The van der Waals surface area contributed by atoms with E-state index in [0.717, 1.165) is 19.4 Å². The molecule has 2 aromatic rings. The summed E-state index contributed by atoms with van der Waals surface area (Å²) in [6, 6.07) is 20.7. The van der Waals surface area contributed by atoms with Crippen molar-refractivity contribution in [1.82, 2.24) is 4.90 Å². The number of carbonyl (C=O) groups is 1. The third-order valence-electron chi connectivity index (χ3n) is 4.58. The van der Waals surface area contributed by atoms with Crippen molar-refractivity contribution >= 4 is 5.91 Å². The van der Waals surface area contributed by atoms with Crippen molar-refractivity contribution in [3.63, 3.8) is 0 Å². The van der Waals surface area contributed by atoms with Crippen molar-refractivity contribution < 1.29 is 4.79 Å². The van der Waals surface area contributed by atoms with Crippen LogP contribution < -0.4 is 0 Å². The number of carbonyl (C=O) groups excluding carboxylic acids is 1. The first-order valence-corrected chi connectivity index (χ1v) is 8.33. The topological polar surface area (TPSA) is 20.3 Å². The van der Waals surface area contributed by atoms with Crippen LogP contribution in [0.25, 0.3) is 0 Å². The summed E-state index contributed by atoms with van der Waals surface area (Å²) >= 11 is 0. The molecule has 0 aromatic heterocycles. The average Bonchev–Trinajstić information content (AvgIpc) is 2.60. The van der Waals surface area contributed by atoms with E-state index in [2.05, 4.69) is 42.5 Å². The Morgan fingerprint density at radius 2 is 1.61 bits per heavy atom. The molecule has 3 rings (SSSR count). The molecule has 0 unspecified atom stereocenters. The summed E-state index contributed by atoms with van der Waals surface area (Å²) < 4.78 is 0. The molecule has 2 nitrogen and oxygen atoms in total. The second kappa shape index (κ2) is 7.28. The van der Waals surface area contributed by atoms with Gasteiger partial charge in [-0.2, -0.15) is 0 Å². The lowest BCUT2D eigenvalue weighted by Crippen LogP contribution is -2.37. The van der Waals surface area contributed by atoms with Gasteiger partial charge in [0.25, 0.3) is 0 Å². The summed E-state index contributed by atoms with van der Waals surface area (Å²) in [5.41, 5.74) is 2.55. The molecular formula is C21H23NO. The Bertz CT molecular complexity index is 663. The van der Waals surface area contributed by atoms with E-state index in [1.807, 2.05) is 42.3 Å². The molecule has 23 heavy (non-hydrogen) atoms. The maximum Gasteiger partial charge on any atom is 0.230 e. The molecule has 0 saturated carbocycles. The van der Waals surface area contributed by atoms with Crippen LogP contribution in [0.1, 0.15) is 30.4 Å². The van der Waals surface area contributed by atoms with Crippen molar-refractivity contribution in [1.29, 1.82) is 0 Å². The molecule has 0 fully saturated rings. The SMILES string of the molecule is C[C@@H]1C(=O)N(CCCc2ccccc2)C=C[C@H]1c1ccccc1. The maximum atomic E-state index is 12.6. The number of hydrogen-bond acceptors (Lipinski definition) is 1. The highest BCUT2D eigenvalue weighted by Gasteiger charge is 2.30. The Morgan fingerprint density at radius 3 is 2.30 bits per heavy atom. The van der Waals surface area contributed by atoms with Crippen molar-refractivity contribution in [3.8, 4) is 0 Å². The van der Waals surface area contributed by atoms with Gasteiger partial charge in [0, 0.05) is 24.6 Å². The normalized spacial score (nSPS) is 20.7. The molecule has 1 amide bonds. The number of nitrogens with zero attached hydrogens (tertiary/aromatic N) is 1. The lowest BCUT2D eigenvalue weighted by atomic mass is 9.84. The first-order valence-electron chi connectivity index (χ1n) is 8.33. The monoisotopic (exact) mass is 305 g/mol. The highest BCUT2D eigenvalue weighted by atomic mass is 16.2. The van der Waals surface area contributed by atoms with Gasteiger partial charge in [-0.3, -0.25) is 4.79 Å². The Hall–Kier alpha value is -2.35. The van der Waals surface area contributed by atoms with Crippen LogP contribution in [0.5, 0.6) is 0 Å². The highest BCUT2D eigenvalue weighted by Crippen LogP contribution is 2.31. The van der Waals surface area contributed by atoms with Crippen LogP contribution in [-0.4, -0.2) is 17.4 Å². The molecule has 1 aliphatic heterocycles. The minimum atomic E-state index is -0.000810. The smallest absolute Gasteiger partial charge is 0.230 e. The van der Waals surface area contributed by atoms with E-state index in [1.54, 1.807) is 0 Å². The van der Waals surface area contributed by atoms with E-state index in [-0.39, 0.29) is 17.7 Å². The lowest BCUT2D eigenvalue weighted by Gasteiger charge is -2.31. The predicted octanol–water partition coefficient (Wildman–Crippen LogP) is 4.40. The minimum absolute atomic E-state index is 0.000810. The minimum Gasteiger partial charge on any atom is -0.319 e. The van der Waals surface area contributed by atoms with E-state index in [9.17, 15) is 4.79 Å². The summed E-state index contributed by atoms with van der Waals surface area (Å²) in [6.07, 6.45) is 6.15. The van der Waals surface area contributed by atoms with Crippen LogP contribution in [0.2, 0.25) is 0 Å². The zero-order valence-corrected chi connectivity index (χ0v) is 13.6. The van der Waals surface area contributed by atoms with E-state index in [1.165, 1.54) is 11.1 Å². The lowest BCUT2D eigenvalue weighted by molar-refractivity contribution is -0.133. The number of aryl methyl sites for hydroxylation is 1. The molecule has 1 heterocycles. The van der Waals surface area contributed by atoms with Crippen molar-refractivity contribution in [3.05, 3.63) is 84.1 Å². The van der Waals surface area contributed by atoms with Gasteiger partial charge in [-0.25, -0.2) is 0 Å². The summed E-state index contributed by atoms with van der Waals surface area (Å²) in [6.45, 7) is 2.82.